The Morgan fingerprint density at radius 1 is 1.11 bits per heavy atom. The minimum Gasteiger partial charge on any atom is -0.288 e. The maximum Gasteiger partial charge on any atom is 0.416 e. The van der Waals surface area contributed by atoms with Crippen molar-refractivity contribution >= 4 is 17.8 Å². The first kappa shape index (κ1) is 13.1. The van der Waals surface area contributed by atoms with Crippen LogP contribution in [0.3, 0.4) is 0 Å². The molecule has 100 valence electrons. The average molecular weight is 271 g/mol. The Kier molecular flexibility index (Phi) is 3.24. The maximum atomic E-state index is 12.5. The number of alkyl halides is 3. The zero-order chi connectivity index (χ0) is 14.0. The van der Waals surface area contributed by atoms with Crippen LogP contribution in [-0.2, 0) is 22.3 Å². The van der Waals surface area contributed by atoms with Gasteiger partial charge in [-0.25, -0.2) is 4.99 Å². The van der Waals surface area contributed by atoms with Crippen molar-refractivity contribution in [3.05, 3.63) is 35.4 Å². The lowest BCUT2D eigenvalue weighted by atomic mass is 10.1. The second-order valence-corrected chi connectivity index (χ2v) is 3.77. The zero-order valence-corrected chi connectivity index (χ0v) is 9.41. The van der Waals surface area contributed by atoms with Crippen LogP contribution in [-0.4, -0.2) is 17.8 Å². The van der Waals surface area contributed by atoms with Crippen LogP contribution in [0.1, 0.15) is 11.1 Å². The van der Waals surface area contributed by atoms with Gasteiger partial charge in [-0.2, -0.15) is 13.2 Å². The lowest BCUT2D eigenvalue weighted by Crippen LogP contribution is -2.25. The van der Waals surface area contributed by atoms with Crippen LogP contribution in [0.25, 0.3) is 0 Å². The molecule has 8 heteroatoms. The van der Waals surface area contributed by atoms with E-state index in [4.69, 9.17) is 0 Å². The Morgan fingerprint density at radius 3 is 2.32 bits per heavy atom. The number of guanidine groups is 1. The number of halogens is 3. The van der Waals surface area contributed by atoms with Gasteiger partial charge in [-0.05, 0) is 17.7 Å². The predicted molar refractivity (Wildman–Crippen MR) is 58.9 cm³/mol. The summed E-state index contributed by atoms with van der Waals surface area (Å²) in [4.78, 5) is 25.5. The quantitative estimate of drug-likeness (QED) is 0.781. The summed E-state index contributed by atoms with van der Waals surface area (Å²) in [6.45, 7) is -0.0835. The van der Waals surface area contributed by atoms with Gasteiger partial charge in [0.15, 0.2) is 0 Å². The van der Waals surface area contributed by atoms with E-state index in [2.05, 4.69) is 15.6 Å². The molecule has 1 aliphatic rings. The van der Waals surface area contributed by atoms with Crippen molar-refractivity contribution in [2.75, 3.05) is 0 Å². The number of hydrogen-bond donors (Lipinski definition) is 2. The lowest BCUT2D eigenvalue weighted by molar-refractivity contribution is -0.137. The number of nitrogens with one attached hydrogen (secondary N) is 2. The number of nitrogens with zero attached hydrogens (tertiary/aromatic N) is 1. The van der Waals surface area contributed by atoms with E-state index in [9.17, 15) is 22.8 Å². The molecule has 2 N–H and O–H groups in total. The first-order valence-electron chi connectivity index (χ1n) is 5.19. The number of amides is 2. The highest BCUT2D eigenvalue weighted by atomic mass is 19.4. The molecular weight excluding hydrogens is 263 g/mol. The van der Waals surface area contributed by atoms with Crippen LogP contribution in [0.15, 0.2) is 29.3 Å². The Balaban J connectivity index is 2.11. The number of benzene rings is 1. The molecule has 0 spiro atoms. The van der Waals surface area contributed by atoms with E-state index in [0.717, 1.165) is 12.1 Å². The highest BCUT2D eigenvalue weighted by Gasteiger charge is 2.30. The second kappa shape index (κ2) is 4.71. The van der Waals surface area contributed by atoms with Crippen LogP contribution in [0.2, 0.25) is 0 Å². The van der Waals surface area contributed by atoms with Gasteiger partial charge in [0.1, 0.15) is 0 Å². The van der Waals surface area contributed by atoms with Gasteiger partial charge in [0.2, 0.25) is 5.96 Å². The number of carbonyl (C=O) groups is 2. The van der Waals surface area contributed by atoms with Crippen LogP contribution in [0, 0.1) is 0 Å². The maximum absolute atomic E-state index is 12.5. The van der Waals surface area contributed by atoms with Crippen molar-refractivity contribution in [1.29, 1.82) is 0 Å². The number of rotatable bonds is 2. The van der Waals surface area contributed by atoms with Crippen molar-refractivity contribution in [1.82, 2.24) is 10.6 Å². The molecule has 0 saturated carbocycles. The fraction of sp³-hybridized carbons (Fsp3) is 0.182. The Hall–Kier alpha value is -2.38. The van der Waals surface area contributed by atoms with Crippen molar-refractivity contribution < 1.29 is 22.8 Å². The third-order valence-corrected chi connectivity index (χ3v) is 2.34. The van der Waals surface area contributed by atoms with Gasteiger partial charge in [0.25, 0.3) is 0 Å². The molecule has 0 radical (unpaired) electrons. The SMILES string of the molecule is O=C1NC(=NCc2cccc(C(F)(F)F)c2)NC1=O. The summed E-state index contributed by atoms with van der Waals surface area (Å²) < 4.78 is 37.4. The molecule has 1 aliphatic heterocycles. The number of carbonyl (C=O) groups excluding carboxylic acids is 2. The fourth-order valence-corrected chi connectivity index (χ4v) is 1.46. The fourth-order valence-electron chi connectivity index (χ4n) is 1.46. The summed E-state index contributed by atoms with van der Waals surface area (Å²) in [5, 5.41) is 4.29. The van der Waals surface area contributed by atoms with E-state index in [-0.39, 0.29) is 12.5 Å². The van der Waals surface area contributed by atoms with Crippen LogP contribution in [0.4, 0.5) is 13.2 Å². The summed E-state index contributed by atoms with van der Waals surface area (Å²) in [5.74, 6) is -1.75. The molecule has 0 bridgehead atoms. The summed E-state index contributed by atoms with van der Waals surface area (Å²) >= 11 is 0. The van der Waals surface area contributed by atoms with Gasteiger partial charge in [-0.1, -0.05) is 12.1 Å². The zero-order valence-electron chi connectivity index (χ0n) is 9.41. The predicted octanol–water partition coefficient (Wildman–Crippen LogP) is 0.807. The van der Waals surface area contributed by atoms with Crippen LogP contribution in [0.5, 0.6) is 0 Å². The Morgan fingerprint density at radius 2 is 1.74 bits per heavy atom. The normalized spacial score (nSPS) is 15.2. The highest BCUT2D eigenvalue weighted by Crippen LogP contribution is 2.29. The summed E-state index contributed by atoms with van der Waals surface area (Å²) in [5.41, 5.74) is -0.456. The van der Waals surface area contributed by atoms with Gasteiger partial charge in [0.05, 0.1) is 12.1 Å². The lowest BCUT2D eigenvalue weighted by Gasteiger charge is -2.07. The molecular formula is C11H8F3N3O2. The molecule has 0 unspecified atom stereocenters. The monoisotopic (exact) mass is 271 g/mol. The minimum atomic E-state index is -4.42. The van der Waals surface area contributed by atoms with Gasteiger partial charge in [-0.3, -0.25) is 20.2 Å². The topological polar surface area (TPSA) is 70.6 Å². The van der Waals surface area contributed by atoms with Crippen LogP contribution >= 0.6 is 0 Å². The molecule has 19 heavy (non-hydrogen) atoms. The smallest absolute Gasteiger partial charge is 0.288 e. The minimum absolute atomic E-state index is 0.0626. The summed E-state index contributed by atoms with van der Waals surface area (Å²) in [6.07, 6.45) is -4.42. The molecule has 0 aliphatic carbocycles. The average Bonchev–Trinajstić information content (AvgIpc) is 2.66. The standard InChI is InChI=1S/C11H8F3N3O2/c12-11(13,14)7-3-1-2-6(4-7)5-15-10-16-8(18)9(19)17-10/h1-4H,5H2,(H2,15,16,17,18,19). The summed E-state index contributed by atoms with van der Waals surface area (Å²) in [7, 11) is 0. The number of hydrogen-bond acceptors (Lipinski definition) is 3. The van der Waals surface area contributed by atoms with Crippen LogP contribution < -0.4 is 10.6 Å². The van der Waals surface area contributed by atoms with E-state index in [1.165, 1.54) is 12.1 Å². The molecule has 1 fully saturated rings. The van der Waals surface area contributed by atoms with Crippen molar-refractivity contribution in [2.45, 2.75) is 12.7 Å². The van der Waals surface area contributed by atoms with E-state index in [1.807, 2.05) is 0 Å². The van der Waals surface area contributed by atoms with E-state index < -0.39 is 23.6 Å². The molecule has 1 saturated heterocycles. The van der Waals surface area contributed by atoms with E-state index in [1.54, 1.807) is 0 Å². The molecule has 0 aromatic heterocycles. The van der Waals surface area contributed by atoms with Gasteiger partial charge in [0, 0.05) is 0 Å². The third kappa shape index (κ3) is 3.09. The number of aliphatic imine (C=N–C) groups is 1. The third-order valence-electron chi connectivity index (χ3n) is 2.34. The Bertz CT molecular complexity index is 549. The van der Waals surface area contributed by atoms with Crippen molar-refractivity contribution in [3.63, 3.8) is 0 Å². The highest BCUT2D eigenvalue weighted by molar-refractivity contribution is 6.45. The molecule has 2 amide bonds. The summed E-state index contributed by atoms with van der Waals surface area (Å²) in [6, 6.07) is 4.65. The van der Waals surface area contributed by atoms with Gasteiger partial charge >= 0.3 is 18.0 Å². The first-order chi connectivity index (χ1) is 8.86. The van der Waals surface area contributed by atoms with E-state index >= 15 is 0 Å². The molecule has 2 rings (SSSR count). The molecule has 1 heterocycles. The first-order valence-corrected chi connectivity index (χ1v) is 5.19. The van der Waals surface area contributed by atoms with Crippen molar-refractivity contribution in [3.8, 4) is 0 Å². The molecule has 1 aromatic rings. The second-order valence-electron chi connectivity index (χ2n) is 3.77. The molecule has 5 nitrogen and oxygen atoms in total. The van der Waals surface area contributed by atoms with E-state index in [0.29, 0.717) is 5.56 Å². The Labute approximate surface area is 105 Å². The van der Waals surface area contributed by atoms with Gasteiger partial charge in [-0.15, -0.1) is 0 Å². The largest absolute Gasteiger partial charge is 0.416 e. The van der Waals surface area contributed by atoms with Crippen molar-refractivity contribution in [2.24, 2.45) is 4.99 Å². The molecule has 1 aromatic carbocycles. The van der Waals surface area contributed by atoms with Gasteiger partial charge < -0.3 is 0 Å². The molecule has 0 atom stereocenters.